The number of hydrogen-bond acceptors (Lipinski definition) is 4. The molecule has 92 valence electrons. The van der Waals surface area contributed by atoms with E-state index in [0.29, 0.717) is 32.4 Å². The predicted molar refractivity (Wildman–Crippen MR) is 58.8 cm³/mol. The Kier molecular flexibility index (Phi) is 3.69. The molecule has 0 aromatic carbocycles. The highest BCUT2D eigenvalue weighted by Crippen LogP contribution is 2.02. The van der Waals surface area contributed by atoms with E-state index in [0.717, 1.165) is 0 Å². The van der Waals surface area contributed by atoms with Crippen LogP contribution in [0, 0.1) is 0 Å². The number of amides is 2. The minimum atomic E-state index is -0.0263. The summed E-state index contributed by atoms with van der Waals surface area (Å²) in [6.07, 6.45) is 4.85. The molecule has 0 spiro atoms. The second kappa shape index (κ2) is 5.42. The van der Waals surface area contributed by atoms with Gasteiger partial charge in [-0.15, -0.1) is 5.10 Å². The van der Waals surface area contributed by atoms with E-state index < -0.39 is 0 Å². The predicted octanol–water partition coefficient (Wildman–Crippen LogP) is -0.937. The number of nitrogens with zero attached hydrogens (tertiary/aromatic N) is 3. The summed E-state index contributed by atoms with van der Waals surface area (Å²) in [5.41, 5.74) is 0. The Hall–Kier alpha value is -1.92. The monoisotopic (exact) mass is 237 g/mol. The minimum Gasteiger partial charge on any atom is -0.354 e. The number of carbonyl (C=O) groups is 2. The van der Waals surface area contributed by atoms with Crippen molar-refractivity contribution in [1.82, 2.24) is 25.6 Å². The van der Waals surface area contributed by atoms with Gasteiger partial charge in [0.15, 0.2) is 0 Å². The van der Waals surface area contributed by atoms with Gasteiger partial charge in [0.1, 0.15) is 0 Å². The molecule has 1 unspecified atom stereocenters. The van der Waals surface area contributed by atoms with E-state index in [9.17, 15) is 9.59 Å². The Morgan fingerprint density at radius 3 is 3.18 bits per heavy atom. The molecule has 0 saturated carbocycles. The van der Waals surface area contributed by atoms with Crippen LogP contribution in [-0.4, -0.2) is 39.4 Å². The number of piperidine rings is 1. The number of aryl methyl sites for hydroxylation is 1. The van der Waals surface area contributed by atoms with Crippen molar-refractivity contribution < 1.29 is 9.59 Å². The summed E-state index contributed by atoms with van der Waals surface area (Å²) in [4.78, 5) is 22.5. The summed E-state index contributed by atoms with van der Waals surface area (Å²) < 4.78 is 1.61. The summed E-state index contributed by atoms with van der Waals surface area (Å²) in [5.74, 6) is 0.0276. The van der Waals surface area contributed by atoms with Gasteiger partial charge in [-0.3, -0.25) is 14.3 Å². The number of carbonyl (C=O) groups excluding carboxylic acids is 2. The highest BCUT2D eigenvalue weighted by atomic mass is 16.2. The van der Waals surface area contributed by atoms with Crippen molar-refractivity contribution in [3.8, 4) is 0 Å². The molecule has 0 aliphatic carbocycles. The maximum Gasteiger partial charge on any atom is 0.222 e. The van der Waals surface area contributed by atoms with Gasteiger partial charge >= 0.3 is 0 Å². The number of hydrogen-bond donors (Lipinski definition) is 2. The molecule has 1 aromatic heterocycles. The zero-order chi connectivity index (χ0) is 12.1. The molecule has 2 heterocycles. The van der Waals surface area contributed by atoms with E-state index in [1.165, 1.54) is 0 Å². The van der Waals surface area contributed by atoms with E-state index in [4.69, 9.17) is 0 Å². The third-order valence-electron chi connectivity index (χ3n) is 2.67. The van der Waals surface area contributed by atoms with Crippen LogP contribution in [0.1, 0.15) is 19.3 Å². The first-order valence-electron chi connectivity index (χ1n) is 5.64. The zero-order valence-corrected chi connectivity index (χ0v) is 9.43. The maximum absolute atomic E-state index is 11.6. The van der Waals surface area contributed by atoms with E-state index in [-0.39, 0.29) is 17.9 Å². The van der Waals surface area contributed by atoms with Crippen molar-refractivity contribution in [2.75, 3.05) is 6.54 Å². The van der Waals surface area contributed by atoms with Gasteiger partial charge in [0.05, 0.1) is 12.7 Å². The Labute approximate surface area is 98.6 Å². The largest absolute Gasteiger partial charge is 0.354 e. The quantitative estimate of drug-likeness (QED) is 0.707. The van der Waals surface area contributed by atoms with Crippen molar-refractivity contribution in [3.05, 3.63) is 12.4 Å². The fourth-order valence-electron chi connectivity index (χ4n) is 1.72. The lowest BCUT2D eigenvalue weighted by Crippen LogP contribution is -2.47. The van der Waals surface area contributed by atoms with Crippen molar-refractivity contribution in [1.29, 1.82) is 0 Å². The fraction of sp³-hybridized carbons (Fsp3) is 0.600. The van der Waals surface area contributed by atoms with Gasteiger partial charge in [-0.2, -0.15) is 0 Å². The van der Waals surface area contributed by atoms with Crippen LogP contribution < -0.4 is 10.6 Å². The van der Waals surface area contributed by atoms with Gasteiger partial charge in [-0.05, 0) is 6.42 Å². The molecule has 1 saturated heterocycles. The molecule has 2 rings (SSSR count). The molecule has 7 nitrogen and oxygen atoms in total. The fourth-order valence-corrected chi connectivity index (χ4v) is 1.72. The topological polar surface area (TPSA) is 88.9 Å². The van der Waals surface area contributed by atoms with E-state index in [2.05, 4.69) is 20.9 Å². The molecular weight excluding hydrogens is 222 g/mol. The maximum atomic E-state index is 11.6. The number of aromatic nitrogens is 3. The van der Waals surface area contributed by atoms with Crippen molar-refractivity contribution in [2.45, 2.75) is 31.8 Å². The van der Waals surface area contributed by atoms with E-state index >= 15 is 0 Å². The van der Waals surface area contributed by atoms with Gasteiger partial charge in [0.25, 0.3) is 0 Å². The van der Waals surface area contributed by atoms with Gasteiger partial charge in [-0.25, -0.2) is 0 Å². The summed E-state index contributed by atoms with van der Waals surface area (Å²) in [5, 5.41) is 13.0. The molecule has 1 atom stereocenters. The van der Waals surface area contributed by atoms with E-state index in [1.54, 1.807) is 17.1 Å². The SMILES string of the molecule is O=C1CCC(NC(=O)CCn2ccnn2)CN1. The van der Waals surface area contributed by atoms with Crippen LogP contribution in [-0.2, 0) is 16.1 Å². The third kappa shape index (κ3) is 3.54. The van der Waals surface area contributed by atoms with E-state index in [1.807, 2.05) is 0 Å². The van der Waals surface area contributed by atoms with Crippen LogP contribution in [0.4, 0.5) is 0 Å². The number of nitrogens with one attached hydrogen (secondary N) is 2. The lowest BCUT2D eigenvalue weighted by atomic mass is 10.1. The number of rotatable bonds is 4. The molecule has 1 aliphatic rings. The third-order valence-corrected chi connectivity index (χ3v) is 2.67. The first kappa shape index (κ1) is 11.6. The van der Waals surface area contributed by atoms with Gasteiger partial charge in [-0.1, -0.05) is 5.21 Å². The summed E-state index contributed by atoms with van der Waals surface area (Å²) in [6.45, 7) is 1.04. The summed E-state index contributed by atoms with van der Waals surface area (Å²) in [6, 6.07) is 0.0518. The van der Waals surface area contributed by atoms with Crippen molar-refractivity contribution in [2.24, 2.45) is 0 Å². The van der Waals surface area contributed by atoms with Gasteiger partial charge in [0, 0.05) is 31.6 Å². The normalized spacial score (nSPS) is 19.8. The van der Waals surface area contributed by atoms with Crippen LogP contribution in [0.3, 0.4) is 0 Å². The average molecular weight is 237 g/mol. The molecular formula is C10H15N5O2. The Bertz CT molecular complexity index is 379. The standard InChI is InChI=1S/C10H15N5O2/c16-9-2-1-8(7-11-9)13-10(17)3-5-15-6-4-12-14-15/h4,6,8H,1-3,5,7H2,(H,11,16)(H,13,17). The molecule has 7 heteroatoms. The molecule has 1 aromatic rings. The lowest BCUT2D eigenvalue weighted by molar-refractivity contribution is -0.125. The van der Waals surface area contributed by atoms with Crippen molar-refractivity contribution in [3.63, 3.8) is 0 Å². The highest BCUT2D eigenvalue weighted by molar-refractivity contribution is 5.78. The van der Waals surface area contributed by atoms with Gasteiger partial charge < -0.3 is 10.6 Å². The zero-order valence-electron chi connectivity index (χ0n) is 9.43. The Morgan fingerprint density at radius 2 is 2.53 bits per heavy atom. The molecule has 2 amide bonds. The van der Waals surface area contributed by atoms with Crippen LogP contribution in [0.15, 0.2) is 12.4 Å². The lowest BCUT2D eigenvalue weighted by Gasteiger charge is -2.23. The van der Waals surface area contributed by atoms with Gasteiger partial charge in [0.2, 0.25) is 11.8 Å². The van der Waals surface area contributed by atoms with Crippen LogP contribution in [0.2, 0.25) is 0 Å². The highest BCUT2D eigenvalue weighted by Gasteiger charge is 2.19. The smallest absolute Gasteiger partial charge is 0.222 e. The van der Waals surface area contributed by atoms with Crippen LogP contribution in [0.5, 0.6) is 0 Å². The molecule has 0 bridgehead atoms. The molecule has 0 radical (unpaired) electrons. The van der Waals surface area contributed by atoms with Crippen LogP contribution in [0.25, 0.3) is 0 Å². The Morgan fingerprint density at radius 1 is 1.65 bits per heavy atom. The molecule has 1 fully saturated rings. The second-order valence-corrected chi connectivity index (χ2v) is 4.02. The molecule has 17 heavy (non-hydrogen) atoms. The van der Waals surface area contributed by atoms with Crippen LogP contribution >= 0.6 is 0 Å². The average Bonchev–Trinajstić information content (AvgIpc) is 2.83. The first-order chi connectivity index (χ1) is 8.24. The molecule has 1 aliphatic heterocycles. The second-order valence-electron chi connectivity index (χ2n) is 4.02. The summed E-state index contributed by atoms with van der Waals surface area (Å²) in [7, 11) is 0. The first-order valence-corrected chi connectivity index (χ1v) is 5.64. The summed E-state index contributed by atoms with van der Waals surface area (Å²) >= 11 is 0. The molecule has 2 N–H and O–H groups in total. The Balaban J connectivity index is 1.68. The van der Waals surface area contributed by atoms with Crippen molar-refractivity contribution >= 4 is 11.8 Å². The minimum absolute atomic E-state index is 0.0263.